The van der Waals surface area contributed by atoms with Gasteiger partial charge in [-0.3, -0.25) is 4.79 Å². The van der Waals surface area contributed by atoms with E-state index in [1.807, 2.05) is 6.07 Å². The van der Waals surface area contributed by atoms with Gasteiger partial charge < -0.3 is 9.47 Å². The number of fused-ring (bicyclic) bond motifs is 1. The van der Waals surface area contributed by atoms with Crippen molar-refractivity contribution in [2.45, 2.75) is 11.7 Å². The second kappa shape index (κ2) is 5.65. The summed E-state index contributed by atoms with van der Waals surface area (Å²) >= 11 is 9.21. The monoisotopic (exact) mass is 384 g/mol. The number of carbonyl (C=O) groups excluding carboxylic acids is 1. The maximum Gasteiger partial charge on any atom is 0.219 e. The molecule has 3 rings (SSSR count). The average molecular weight is 386 g/mol. The number of benzene rings is 2. The van der Waals surface area contributed by atoms with Gasteiger partial charge in [-0.15, -0.1) is 0 Å². The van der Waals surface area contributed by atoms with Crippen LogP contribution in [0.15, 0.2) is 40.9 Å². The topological polar surface area (TPSA) is 35.5 Å². The van der Waals surface area contributed by atoms with E-state index in [0.29, 0.717) is 21.9 Å². The highest BCUT2D eigenvalue weighted by Gasteiger charge is 2.52. The highest BCUT2D eigenvalue weighted by atomic mass is 79.9. The molecule has 0 unspecified atom stereocenters. The van der Waals surface area contributed by atoms with Gasteiger partial charge in [0.05, 0.1) is 5.02 Å². The largest absolute Gasteiger partial charge is 0.471 e. The Morgan fingerprint density at radius 2 is 2.09 bits per heavy atom. The zero-order valence-corrected chi connectivity index (χ0v) is 13.8. The molecule has 2 atom stereocenters. The summed E-state index contributed by atoms with van der Waals surface area (Å²) in [5.41, 5.74) is -0.237. The summed E-state index contributed by atoms with van der Waals surface area (Å²) in [5.74, 6) is -0.395. The predicted octanol–water partition coefficient (Wildman–Crippen LogP) is 4.42. The number of aldehydes is 1. The maximum absolute atomic E-state index is 13.9. The van der Waals surface area contributed by atoms with Gasteiger partial charge in [0.2, 0.25) is 5.60 Å². The van der Waals surface area contributed by atoms with E-state index in [-0.39, 0.29) is 10.8 Å². The van der Waals surface area contributed by atoms with Crippen LogP contribution < -0.4 is 4.74 Å². The zero-order valence-electron chi connectivity index (χ0n) is 11.5. The highest BCUT2D eigenvalue weighted by Crippen LogP contribution is 2.54. The molecule has 22 heavy (non-hydrogen) atoms. The standard InChI is InChI=1S/C16H11BrClFO3/c1-21-15-12-11(7-10(19)14(18)13(12)17)22-16(15,8-20)9-5-3-2-4-6-9/h2-8,15H,1H3/t15-,16+/m0/s1. The minimum absolute atomic E-state index is 0.0702. The summed E-state index contributed by atoms with van der Waals surface area (Å²) in [5, 5.41) is -0.0702. The first-order valence-electron chi connectivity index (χ1n) is 6.46. The smallest absolute Gasteiger partial charge is 0.219 e. The molecule has 0 spiro atoms. The van der Waals surface area contributed by atoms with Crippen molar-refractivity contribution in [1.82, 2.24) is 0 Å². The number of hydrogen-bond acceptors (Lipinski definition) is 3. The fraction of sp³-hybridized carbons (Fsp3) is 0.188. The molecule has 0 aliphatic carbocycles. The Labute approximate surface area is 140 Å². The molecule has 0 N–H and O–H groups in total. The van der Waals surface area contributed by atoms with E-state index in [9.17, 15) is 9.18 Å². The van der Waals surface area contributed by atoms with Crippen LogP contribution in [0.1, 0.15) is 17.2 Å². The van der Waals surface area contributed by atoms with E-state index in [4.69, 9.17) is 21.1 Å². The molecular weight excluding hydrogens is 375 g/mol. The van der Waals surface area contributed by atoms with Gasteiger partial charge >= 0.3 is 0 Å². The lowest BCUT2D eigenvalue weighted by Crippen LogP contribution is -2.37. The molecule has 0 amide bonds. The van der Waals surface area contributed by atoms with Gasteiger partial charge in [0.1, 0.15) is 17.7 Å². The number of ether oxygens (including phenoxy) is 2. The van der Waals surface area contributed by atoms with Crippen molar-refractivity contribution in [3.05, 3.63) is 62.8 Å². The van der Waals surface area contributed by atoms with Crippen molar-refractivity contribution in [2.75, 3.05) is 7.11 Å². The van der Waals surface area contributed by atoms with Gasteiger partial charge in [-0.2, -0.15) is 0 Å². The molecule has 0 saturated carbocycles. The van der Waals surface area contributed by atoms with Crippen LogP contribution in [0.25, 0.3) is 0 Å². The average Bonchev–Trinajstić information content (AvgIpc) is 2.88. The number of halogens is 3. The molecule has 1 aliphatic rings. The number of carbonyl (C=O) groups is 1. The summed E-state index contributed by atoms with van der Waals surface area (Å²) in [4.78, 5) is 11.9. The molecule has 3 nitrogen and oxygen atoms in total. The minimum atomic E-state index is -1.38. The molecule has 0 fully saturated rings. The van der Waals surface area contributed by atoms with Gasteiger partial charge in [-0.25, -0.2) is 4.39 Å². The van der Waals surface area contributed by atoms with Crippen LogP contribution in [-0.2, 0) is 15.1 Å². The molecule has 0 aromatic heterocycles. The summed E-state index contributed by atoms with van der Waals surface area (Å²) in [7, 11) is 1.47. The van der Waals surface area contributed by atoms with Crippen LogP contribution in [0.4, 0.5) is 4.39 Å². The van der Waals surface area contributed by atoms with Crippen LogP contribution in [-0.4, -0.2) is 13.4 Å². The highest BCUT2D eigenvalue weighted by molar-refractivity contribution is 9.10. The van der Waals surface area contributed by atoms with Crippen molar-refractivity contribution in [3.63, 3.8) is 0 Å². The normalized spacial score (nSPS) is 23.0. The van der Waals surface area contributed by atoms with Crippen molar-refractivity contribution in [2.24, 2.45) is 0 Å². The van der Waals surface area contributed by atoms with E-state index >= 15 is 0 Å². The molecule has 1 heterocycles. The first-order valence-corrected chi connectivity index (χ1v) is 7.63. The van der Waals surface area contributed by atoms with E-state index < -0.39 is 17.5 Å². The predicted molar refractivity (Wildman–Crippen MR) is 83.7 cm³/mol. The third-order valence-electron chi connectivity index (χ3n) is 3.73. The first-order chi connectivity index (χ1) is 10.5. The van der Waals surface area contributed by atoms with Crippen LogP contribution in [0.3, 0.4) is 0 Å². The molecule has 1 aliphatic heterocycles. The second-order valence-electron chi connectivity index (χ2n) is 4.89. The lowest BCUT2D eigenvalue weighted by molar-refractivity contribution is -0.132. The molecule has 0 radical (unpaired) electrons. The van der Waals surface area contributed by atoms with Crippen LogP contribution in [0.2, 0.25) is 5.02 Å². The summed E-state index contributed by atoms with van der Waals surface area (Å²) in [6, 6.07) is 10.1. The Balaban J connectivity index is 2.25. The number of rotatable bonds is 3. The Bertz CT molecular complexity index is 738. The molecule has 0 bridgehead atoms. The van der Waals surface area contributed by atoms with Crippen LogP contribution in [0.5, 0.6) is 5.75 Å². The minimum Gasteiger partial charge on any atom is -0.471 e. The molecule has 0 saturated heterocycles. The Kier molecular flexibility index (Phi) is 3.97. The summed E-state index contributed by atoms with van der Waals surface area (Å²) < 4.78 is 25.5. The quantitative estimate of drug-likeness (QED) is 0.580. The SMILES string of the molecule is CO[C@H]1c2c(cc(F)c(Cl)c2Br)O[C@]1(C=O)c1ccccc1. The van der Waals surface area contributed by atoms with Crippen LogP contribution in [0, 0.1) is 5.82 Å². The fourth-order valence-corrected chi connectivity index (χ4v) is 3.47. The molecular formula is C16H11BrClFO3. The summed E-state index contributed by atoms with van der Waals surface area (Å²) in [6.07, 6.45) is -0.0655. The molecule has 6 heteroatoms. The third-order valence-corrected chi connectivity index (χ3v) is 5.15. The van der Waals surface area contributed by atoms with Crippen molar-refractivity contribution >= 4 is 33.8 Å². The lowest BCUT2D eigenvalue weighted by Gasteiger charge is -2.28. The zero-order chi connectivity index (χ0) is 15.9. The Morgan fingerprint density at radius 3 is 2.68 bits per heavy atom. The molecule has 2 aromatic carbocycles. The van der Waals surface area contributed by atoms with Crippen molar-refractivity contribution in [1.29, 1.82) is 0 Å². The summed E-state index contributed by atoms with van der Waals surface area (Å²) in [6.45, 7) is 0. The van der Waals surface area contributed by atoms with E-state index in [1.165, 1.54) is 13.2 Å². The van der Waals surface area contributed by atoms with E-state index in [2.05, 4.69) is 15.9 Å². The van der Waals surface area contributed by atoms with Gasteiger partial charge in [-0.05, 0) is 15.9 Å². The van der Waals surface area contributed by atoms with E-state index in [1.54, 1.807) is 24.3 Å². The van der Waals surface area contributed by atoms with Gasteiger partial charge in [0.15, 0.2) is 6.29 Å². The molecule has 2 aromatic rings. The molecule has 114 valence electrons. The van der Waals surface area contributed by atoms with E-state index in [0.717, 1.165) is 0 Å². The number of hydrogen-bond donors (Lipinski definition) is 0. The van der Waals surface area contributed by atoms with Crippen LogP contribution >= 0.6 is 27.5 Å². The van der Waals surface area contributed by atoms with Crippen molar-refractivity contribution in [3.8, 4) is 5.75 Å². The second-order valence-corrected chi connectivity index (χ2v) is 6.06. The van der Waals surface area contributed by atoms with Gasteiger partial charge in [0, 0.05) is 28.8 Å². The Hall–Kier alpha value is -1.43. The number of methoxy groups -OCH3 is 1. The maximum atomic E-state index is 13.9. The fourth-order valence-electron chi connectivity index (χ4n) is 2.72. The third kappa shape index (κ3) is 2.07. The van der Waals surface area contributed by atoms with Gasteiger partial charge in [-0.1, -0.05) is 41.9 Å². The van der Waals surface area contributed by atoms with Gasteiger partial charge in [0.25, 0.3) is 0 Å². The van der Waals surface area contributed by atoms with Crippen molar-refractivity contribution < 1.29 is 18.7 Å². The first kappa shape index (κ1) is 15.5. The lowest BCUT2D eigenvalue weighted by atomic mass is 9.87. The Morgan fingerprint density at radius 1 is 1.41 bits per heavy atom.